The minimum Gasteiger partial charge on any atom is -0.368 e. The van der Waals surface area contributed by atoms with E-state index in [9.17, 15) is 0 Å². The molecule has 68 valence electrons. The average molecular weight is 175 g/mol. The number of nitrogens with one attached hydrogen (secondary N) is 1. The van der Waals surface area contributed by atoms with Crippen molar-refractivity contribution >= 4 is 6.34 Å². The summed E-state index contributed by atoms with van der Waals surface area (Å²) in [6, 6.07) is 8.65. The maximum absolute atomic E-state index is 5.57. The lowest BCUT2D eigenvalue weighted by Crippen LogP contribution is -2.15. The van der Waals surface area contributed by atoms with Gasteiger partial charge in [-0.1, -0.05) is 24.3 Å². The summed E-state index contributed by atoms with van der Waals surface area (Å²) in [5.74, 6) is 0. The van der Waals surface area contributed by atoms with Crippen LogP contribution in [0, 0.1) is 0 Å². The van der Waals surface area contributed by atoms with Crippen LogP contribution in [0.5, 0.6) is 0 Å². The number of aliphatic imine (C=N–C) groups is 1. The van der Waals surface area contributed by atoms with Crippen molar-refractivity contribution in [3.8, 4) is 0 Å². The lowest BCUT2D eigenvalue weighted by atomic mass is 10.0. The number of benzene rings is 1. The Bertz CT molecular complexity index is 312. The second-order valence-electron chi connectivity index (χ2n) is 3.16. The monoisotopic (exact) mass is 175 g/mol. The fraction of sp³-hybridized carbons (Fsp3) is 0.300. The summed E-state index contributed by atoms with van der Waals surface area (Å²) in [5, 5.41) is 3.19. The molecule has 1 heterocycles. The minimum absolute atomic E-state index is 0.339. The molecule has 1 aliphatic heterocycles. The molecule has 1 unspecified atom stereocenters. The topological polar surface area (TPSA) is 50.4 Å². The molecular formula is C10H13N3. The highest BCUT2D eigenvalue weighted by Crippen LogP contribution is 2.16. The average Bonchev–Trinajstić information content (AvgIpc) is 2.71. The summed E-state index contributed by atoms with van der Waals surface area (Å²) < 4.78 is 0. The fourth-order valence-corrected chi connectivity index (χ4v) is 1.49. The van der Waals surface area contributed by atoms with Crippen LogP contribution in [0.1, 0.15) is 17.2 Å². The first-order valence-electron chi connectivity index (χ1n) is 4.43. The van der Waals surface area contributed by atoms with E-state index in [-0.39, 0.29) is 0 Å². The molecule has 0 aliphatic carbocycles. The summed E-state index contributed by atoms with van der Waals surface area (Å²) in [6.07, 6.45) is 1.76. The van der Waals surface area contributed by atoms with Gasteiger partial charge in [-0.3, -0.25) is 4.99 Å². The van der Waals surface area contributed by atoms with Gasteiger partial charge in [0.05, 0.1) is 18.9 Å². The largest absolute Gasteiger partial charge is 0.368 e. The molecule has 0 fully saturated rings. The molecule has 3 nitrogen and oxygen atoms in total. The standard InChI is InChI=1S/C10H13N3/c11-5-8-2-1-3-9(4-8)10-6-12-7-13-10/h1-4,7,10H,5-6,11H2,(H,12,13). The van der Waals surface area contributed by atoms with E-state index in [2.05, 4.69) is 22.4 Å². The number of nitrogens with two attached hydrogens (primary N) is 1. The number of nitrogens with zero attached hydrogens (tertiary/aromatic N) is 1. The van der Waals surface area contributed by atoms with Crippen molar-refractivity contribution in [2.45, 2.75) is 12.6 Å². The zero-order valence-electron chi connectivity index (χ0n) is 7.40. The van der Waals surface area contributed by atoms with Crippen molar-refractivity contribution in [2.24, 2.45) is 10.7 Å². The van der Waals surface area contributed by atoms with Crippen molar-refractivity contribution in [3.05, 3.63) is 35.4 Å². The van der Waals surface area contributed by atoms with Gasteiger partial charge in [0.2, 0.25) is 0 Å². The molecule has 1 aromatic rings. The molecule has 1 aliphatic rings. The molecule has 0 spiro atoms. The summed E-state index contributed by atoms with van der Waals surface area (Å²) >= 11 is 0. The van der Waals surface area contributed by atoms with Crippen LogP contribution in [-0.2, 0) is 6.54 Å². The molecule has 3 N–H and O–H groups in total. The molecule has 3 heteroatoms. The zero-order valence-corrected chi connectivity index (χ0v) is 7.40. The summed E-state index contributed by atoms with van der Waals surface area (Å²) in [5.41, 5.74) is 8.00. The quantitative estimate of drug-likeness (QED) is 0.699. The highest BCUT2D eigenvalue weighted by molar-refractivity contribution is 5.58. The molecule has 1 aromatic carbocycles. The predicted molar refractivity (Wildman–Crippen MR) is 53.6 cm³/mol. The van der Waals surface area contributed by atoms with Crippen molar-refractivity contribution in [1.82, 2.24) is 5.32 Å². The Morgan fingerprint density at radius 2 is 2.46 bits per heavy atom. The van der Waals surface area contributed by atoms with E-state index in [0.29, 0.717) is 12.6 Å². The predicted octanol–water partition coefficient (Wildman–Crippen LogP) is 0.818. The first-order valence-corrected chi connectivity index (χ1v) is 4.43. The van der Waals surface area contributed by atoms with E-state index in [4.69, 9.17) is 5.73 Å². The van der Waals surface area contributed by atoms with Gasteiger partial charge in [0.1, 0.15) is 0 Å². The second-order valence-corrected chi connectivity index (χ2v) is 3.16. The molecule has 0 saturated heterocycles. The number of rotatable bonds is 2. The summed E-state index contributed by atoms with van der Waals surface area (Å²) in [6.45, 7) is 1.43. The molecule has 13 heavy (non-hydrogen) atoms. The van der Waals surface area contributed by atoms with Crippen LogP contribution in [-0.4, -0.2) is 12.9 Å². The van der Waals surface area contributed by atoms with E-state index in [0.717, 1.165) is 6.54 Å². The maximum atomic E-state index is 5.57. The van der Waals surface area contributed by atoms with Gasteiger partial charge >= 0.3 is 0 Å². The third kappa shape index (κ3) is 1.70. The summed E-state index contributed by atoms with van der Waals surface area (Å²) in [4.78, 5) is 4.13. The van der Waals surface area contributed by atoms with Crippen molar-refractivity contribution in [2.75, 3.05) is 6.54 Å². The van der Waals surface area contributed by atoms with E-state index in [1.807, 2.05) is 12.1 Å². The zero-order chi connectivity index (χ0) is 9.10. The Morgan fingerprint density at radius 1 is 1.54 bits per heavy atom. The Morgan fingerprint density at radius 3 is 3.15 bits per heavy atom. The number of hydrogen-bond acceptors (Lipinski definition) is 3. The van der Waals surface area contributed by atoms with Crippen LogP contribution in [0.3, 0.4) is 0 Å². The molecule has 0 radical (unpaired) electrons. The Balaban J connectivity index is 2.19. The van der Waals surface area contributed by atoms with Gasteiger partial charge < -0.3 is 11.1 Å². The normalized spacial score (nSPS) is 20.2. The Hall–Kier alpha value is -1.35. The van der Waals surface area contributed by atoms with Crippen LogP contribution < -0.4 is 11.1 Å². The van der Waals surface area contributed by atoms with Gasteiger partial charge in [0.15, 0.2) is 0 Å². The van der Waals surface area contributed by atoms with Gasteiger partial charge in [-0.2, -0.15) is 0 Å². The van der Waals surface area contributed by atoms with Crippen LogP contribution in [0.2, 0.25) is 0 Å². The highest BCUT2D eigenvalue weighted by atomic mass is 15.1. The SMILES string of the molecule is NCc1cccc(C2CN=CN2)c1. The number of hydrogen-bond donors (Lipinski definition) is 2. The van der Waals surface area contributed by atoms with Crippen LogP contribution in [0.15, 0.2) is 29.3 Å². The Labute approximate surface area is 77.7 Å². The van der Waals surface area contributed by atoms with Crippen molar-refractivity contribution in [1.29, 1.82) is 0 Å². The third-order valence-corrected chi connectivity index (χ3v) is 2.24. The lowest BCUT2D eigenvalue weighted by molar-refractivity contribution is 0.711. The third-order valence-electron chi connectivity index (χ3n) is 2.24. The van der Waals surface area contributed by atoms with Crippen LogP contribution in [0.4, 0.5) is 0 Å². The van der Waals surface area contributed by atoms with Crippen molar-refractivity contribution in [3.63, 3.8) is 0 Å². The van der Waals surface area contributed by atoms with Gasteiger partial charge in [-0.25, -0.2) is 0 Å². The van der Waals surface area contributed by atoms with Crippen LogP contribution in [0.25, 0.3) is 0 Å². The van der Waals surface area contributed by atoms with E-state index < -0.39 is 0 Å². The first-order chi connectivity index (χ1) is 6.40. The van der Waals surface area contributed by atoms with E-state index >= 15 is 0 Å². The van der Waals surface area contributed by atoms with E-state index in [1.165, 1.54) is 11.1 Å². The molecule has 2 rings (SSSR count). The maximum Gasteiger partial charge on any atom is 0.0830 e. The second kappa shape index (κ2) is 3.58. The lowest BCUT2D eigenvalue weighted by Gasteiger charge is -2.10. The molecule has 0 amide bonds. The van der Waals surface area contributed by atoms with Crippen LogP contribution >= 0.6 is 0 Å². The highest BCUT2D eigenvalue weighted by Gasteiger charge is 2.12. The Kier molecular flexibility index (Phi) is 2.27. The van der Waals surface area contributed by atoms with Gasteiger partial charge in [-0.05, 0) is 11.1 Å². The van der Waals surface area contributed by atoms with Gasteiger partial charge in [0.25, 0.3) is 0 Å². The van der Waals surface area contributed by atoms with Crippen molar-refractivity contribution < 1.29 is 0 Å². The minimum atomic E-state index is 0.339. The molecule has 0 saturated carbocycles. The van der Waals surface area contributed by atoms with E-state index in [1.54, 1.807) is 6.34 Å². The summed E-state index contributed by atoms with van der Waals surface area (Å²) in [7, 11) is 0. The molecular weight excluding hydrogens is 162 g/mol. The molecule has 0 bridgehead atoms. The smallest absolute Gasteiger partial charge is 0.0830 e. The van der Waals surface area contributed by atoms with Gasteiger partial charge in [0, 0.05) is 6.54 Å². The molecule has 0 aromatic heterocycles. The van der Waals surface area contributed by atoms with Gasteiger partial charge in [-0.15, -0.1) is 0 Å². The first kappa shape index (κ1) is 8.26. The fourth-order valence-electron chi connectivity index (χ4n) is 1.49. The molecule has 1 atom stereocenters.